The molecule has 0 saturated carbocycles. The van der Waals surface area contributed by atoms with E-state index in [4.69, 9.17) is 11.1 Å². The fourth-order valence-corrected chi connectivity index (χ4v) is 1.71. The summed E-state index contributed by atoms with van der Waals surface area (Å²) in [5, 5.41) is 7.33. The Labute approximate surface area is 91.9 Å². The Kier molecular flexibility index (Phi) is 7.99. The number of hydrogen-bond donors (Lipinski definition) is 2. The van der Waals surface area contributed by atoms with Gasteiger partial charge in [-0.25, -0.2) is 0 Å². The zero-order chi connectivity index (χ0) is 11.0. The molecule has 84 valence electrons. The van der Waals surface area contributed by atoms with E-state index in [0.29, 0.717) is 5.84 Å². The van der Waals surface area contributed by atoms with Crippen molar-refractivity contribution in [1.82, 2.24) is 4.90 Å². The van der Waals surface area contributed by atoms with Crippen LogP contribution in [0.25, 0.3) is 0 Å². The lowest BCUT2D eigenvalue weighted by Crippen LogP contribution is -2.35. The van der Waals surface area contributed by atoms with Gasteiger partial charge in [0.1, 0.15) is 0 Å². The van der Waals surface area contributed by atoms with Crippen molar-refractivity contribution < 1.29 is 0 Å². The van der Waals surface area contributed by atoms with Gasteiger partial charge in [-0.1, -0.05) is 13.8 Å². The van der Waals surface area contributed by atoms with Gasteiger partial charge >= 0.3 is 0 Å². The van der Waals surface area contributed by atoms with Crippen LogP contribution in [0.15, 0.2) is 0 Å². The maximum absolute atomic E-state index is 7.33. The van der Waals surface area contributed by atoms with Gasteiger partial charge < -0.3 is 10.6 Å². The quantitative estimate of drug-likeness (QED) is 0.369. The lowest BCUT2D eigenvalue weighted by molar-refractivity contribution is 0.272. The minimum Gasteiger partial charge on any atom is -0.387 e. The second-order valence-corrected chi connectivity index (χ2v) is 4.58. The van der Waals surface area contributed by atoms with Gasteiger partial charge in [0.15, 0.2) is 0 Å². The van der Waals surface area contributed by atoms with Crippen LogP contribution in [0.5, 0.6) is 0 Å². The summed E-state index contributed by atoms with van der Waals surface area (Å²) in [6.07, 6.45) is 3.36. The predicted octanol–water partition coefficient (Wildman–Crippen LogP) is 1.63. The number of thioether (sulfide) groups is 1. The molecule has 3 nitrogen and oxygen atoms in total. The largest absolute Gasteiger partial charge is 0.387 e. The van der Waals surface area contributed by atoms with Crippen LogP contribution < -0.4 is 5.73 Å². The average Bonchev–Trinajstić information content (AvgIpc) is 2.16. The van der Waals surface area contributed by atoms with E-state index in [1.54, 1.807) is 0 Å². The molecular weight excluding hydrogens is 194 g/mol. The van der Waals surface area contributed by atoms with Crippen LogP contribution in [-0.2, 0) is 0 Å². The van der Waals surface area contributed by atoms with E-state index in [1.165, 1.54) is 12.2 Å². The fourth-order valence-electron chi connectivity index (χ4n) is 1.30. The molecule has 0 aliphatic heterocycles. The van der Waals surface area contributed by atoms with Crippen LogP contribution in [0, 0.1) is 11.3 Å². The molecule has 0 spiro atoms. The maximum atomic E-state index is 7.33. The monoisotopic (exact) mass is 217 g/mol. The highest BCUT2D eigenvalue weighted by Gasteiger charge is 2.10. The molecule has 0 bridgehead atoms. The third-order valence-corrected chi connectivity index (χ3v) is 3.03. The summed E-state index contributed by atoms with van der Waals surface area (Å²) in [6, 6.07) is 0. The molecule has 14 heavy (non-hydrogen) atoms. The van der Waals surface area contributed by atoms with Gasteiger partial charge in [-0.2, -0.15) is 11.8 Å². The van der Waals surface area contributed by atoms with Gasteiger partial charge in [-0.05, 0) is 31.5 Å². The van der Waals surface area contributed by atoms with Crippen LogP contribution in [0.2, 0.25) is 0 Å². The Balaban J connectivity index is 3.72. The third kappa shape index (κ3) is 6.27. The molecule has 0 fully saturated rings. The molecule has 0 saturated heterocycles. The van der Waals surface area contributed by atoms with E-state index >= 15 is 0 Å². The van der Waals surface area contributed by atoms with Crippen molar-refractivity contribution in [3.63, 3.8) is 0 Å². The second-order valence-electron chi connectivity index (χ2n) is 3.60. The summed E-state index contributed by atoms with van der Waals surface area (Å²) in [6.45, 7) is 7.26. The number of nitrogens with two attached hydrogens (primary N) is 1. The summed E-state index contributed by atoms with van der Waals surface area (Å²) in [5.74, 6) is 1.70. The minimum absolute atomic E-state index is 0.184. The van der Waals surface area contributed by atoms with Gasteiger partial charge in [0.25, 0.3) is 0 Å². The summed E-state index contributed by atoms with van der Waals surface area (Å²) in [5.41, 5.74) is 5.45. The lowest BCUT2D eigenvalue weighted by Gasteiger charge is -2.23. The molecule has 0 aromatic carbocycles. The molecule has 0 aliphatic carbocycles. The van der Waals surface area contributed by atoms with Crippen molar-refractivity contribution in [1.29, 1.82) is 5.41 Å². The molecule has 0 aromatic heterocycles. The predicted molar refractivity (Wildman–Crippen MR) is 66.2 cm³/mol. The first-order valence-electron chi connectivity index (χ1n) is 5.17. The Morgan fingerprint density at radius 3 is 2.64 bits per heavy atom. The fraction of sp³-hybridized carbons (Fsp3) is 0.900. The SMILES string of the molecule is CCN(CCCSC)CC(C)C(=N)N. The molecule has 0 rings (SSSR count). The van der Waals surface area contributed by atoms with Crippen molar-refractivity contribution in [2.45, 2.75) is 20.3 Å². The third-order valence-electron chi connectivity index (χ3n) is 2.33. The zero-order valence-electron chi connectivity index (χ0n) is 9.55. The Morgan fingerprint density at radius 2 is 2.21 bits per heavy atom. The van der Waals surface area contributed by atoms with E-state index in [-0.39, 0.29) is 5.92 Å². The molecule has 1 atom stereocenters. The van der Waals surface area contributed by atoms with Crippen molar-refractivity contribution in [2.24, 2.45) is 11.7 Å². The number of amidine groups is 1. The summed E-state index contributed by atoms with van der Waals surface area (Å²) in [4.78, 5) is 2.36. The molecule has 0 radical (unpaired) electrons. The van der Waals surface area contributed by atoms with E-state index in [1.807, 2.05) is 18.7 Å². The zero-order valence-corrected chi connectivity index (χ0v) is 10.4. The van der Waals surface area contributed by atoms with Gasteiger partial charge in [0.2, 0.25) is 0 Å². The Bertz CT molecular complexity index is 161. The standard InChI is InChI=1S/C10H23N3S/c1-4-13(6-5-7-14-3)8-9(2)10(11)12/h9H,4-8H2,1-3H3,(H3,11,12). The number of hydrogen-bond acceptors (Lipinski definition) is 3. The van der Waals surface area contributed by atoms with Gasteiger partial charge in [0.05, 0.1) is 5.84 Å². The average molecular weight is 217 g/mol. The molecule has 3 N–H and O–H groups in total. The molecule has 1 unspecified atom stereocenters. The summed E-state index contributed by atoms with van der Waals surface area (Å²) >= 11 is 1.89. The molecule has 0 aliphatic rings. The number of nitrogens with one attached hydrogen (secondary N) is 1. The Hall–Kier alpha value is -0.220. The van der Waals surface area contributed by atoms with Crippen molar-refractivity contribution in [3.05, 3.63) is 0 Å². The first-order valence-corrected chi connectivity index (χ1v) is 6.56. The van der Waals surface area contributed by atoms with Gasteiger partial charge in [-0.3, -0.25) is 5.41 Å². The maximum Gasteiger partial charge on any atom is 0.0947 e. The minimum atomic E-state index is 0.184. The van der Waals surface area contributed by atoms with Crippen LogP contribution in [0.4, 0.5) is 0 Å². The van der Waals surface area contributed by atoms with Gasteiger partial charge in [0, 0.05) is 12.5 Å². The molecule has 4 heteroatoms. The van der Waals surface area contributed by atoms with E-state index < -0.39 is 0 Å². The summed E-state index contributed by atoms with van der Waals surface area (Å²) in [7, 11) is 0. The van der Waals surface area contributed by atoms with Crippen molar-refractivity contribution >= 4 is 17.6 Å². The highest BCUT2D eigenvalue weighted by Crippen LogP contribution is 2.02. The van der Waals surface area contributed by atoms with E-state index in [9.17, 15) is 0 Å². The van der Waals surface area contributed by atoms with Crippen molar-refractivity contribution in [2.75, 3.05) is 31.6 Å². The van der Waals surface area contributed by atoms with Gasteiger partial charge in [-0.15, -0.1) is 0 Å². The highest BCUT2D eigenvalue weighted by atomic mass is 32.2. The molecular formula is C10H23N3S. The van der Waals surface area contributed by atoms with Crippen LogP contribution in [0.1, 0.15) is 20.3 Å². The summed E-state index contributed by atoms with van der Waals surface area (Å²) < 4.78 is 0. The van der Waals surface area contributed by atoms with Crippen LogP contribution in [-0.4, -0.2) is 42.4 Å². The normalized spacial score (nSPS) is 13.1. The first-order chi connectivity index (χ1) is 6.61. The van der Waals surface area contributed by atoms with E-state index in [0.717, 1.165) is 19.6 Å². The Morgan fingerprint density at radius 1 is 1.57 bits per heavy atom. The lowest BCUT2D eigenvalue weighted by atomic mass is 10.1. The molecule has 0 amide bonds. The number of nitrogens with zero attached hydrogens (tertiary/aromatic N) is 1. The topological polar surface area (TPSA) is 53.1 Å². The second kappa shape index (κ2) is 8.12. The van der Waals surface area contributed by atoms with Crippen molar-refractivity contribution in [3.8, 4) is 0 Å². The molecule has 0 heterocycles. The van der Waals surface area contributed by atoms with E-state index in [2.05, 4.69) is 18.1 Å². The van der Waals surface area contributed by atoms with Crippen LogP contribution in [0.3, 0.4) is 0 Å². The molecule has 0 aromatic rings. The first kappa shape index (κ1) is 13.8. The number of rotatable bonds is 8. The highest BCUT2D eigenvalue weighted by molar-refractivity contribution is 7.98. The van der Waals surface area contributed by atoms with Crippen LogP contribution >= 0.6 is 11.8 Å². The smallest absolute Gasteiger partial charge is 0.0947 e.